The molecule has 0 saturated heterocycles. The van der Waals surface area contributed by atoms with E-state index in [1.165, 1.54) is 25.3 Å². The lowest BCUT2D eigenvalue weighted by Crippen LogP contribution is -2.39. The number of carbonyl (C=O) groups excluding carboxylic acids is 3. The second-order valence-corrected chi connectivity index (χ2v) is 6.79. The highest BCUT2D eigenvalue weighted by Crippen LogP contribution is 2.32. The molecule has 0 radical (unpaired) electrons. The van der Waals surface area contributed by atoms with Gasteiger partial charge in [0, 0.05) is 19.5 Å². The summed E-state index contributed by atoms with van der Waals surface area (Å²) in [6, 6.07) is 7.49. The Morgan fingerprint density at radius 3 is 2.82 bits per heavy atom. The van der Waals surface area contributed by atoms with Crippen molar-refractivity contribution in [1.82, 2.24) is 20.2 Å². The molecule has 0 atom stereocenters. The van der Waals surface area contributed by atoms with E-state index in [1.54, 1.807) is 0 Å². The van der Waals surface area contributed by atoms with E-state index in [0.29, 0.717) is 21.7 Å². The molecule has 2 aromatic heterocycles. The molecule has 10 heteroatoms. The standard InChI is InChI=1S/C18H18N4O5S/c1-19-13(23)7-22(2)14(24)8-26-15(25)9-28-18-17-16(20-10-21-18)11-5-3-4-6-12(11)27-17/h3-6,10H,7-9H2,1-2H3,(H,19,23). The summed E-state index contributed by atoms with van der Waals surface area (Å²) in [6.07, 6.45) is 1.41. The average Bonchev–Trinajstić information content (AvgIpc) is 3.09. The van der Waals surface area contributed by atoms with Gasteiger partial charge in [0.15, 0.2) is 12.2 Å². The van der Waals surface area contributed by atoms with Gasteiger partial charge < -0.3 is 19.4 Å². The number of nitrogens with one attached hydrogen (secondary N) is 1. The lowest BCUT2D eigenvalue weighted by molar-refractivity contribution is -0.149. The summed E-state index contributed by atoms with van der Waals surface area (Å²) in [7, 11) is 2.93. The molecule has 1 N–H and O–H groups in total. The number of furan rings is 1. The number of hydrogen-bond acceptors (Lipinski definition) is 8. The average molecular weight is 402 g/mol. The zero-order chi connectivity index (χ0) is 20.1. The van der Waals surface area contributed by atoms with Crippen molar-refractivity contribution in [2.75, 3.05) is 33.0 Å². The normalized spacial score (nSPS) is 10.8. The minimum atomic E-state index is -0.574. The SMILES string of the molecule is CNC(=O)CN(C)C(=O)COC(=O)CSc1ncnc2c1oc1ccccc12. The summed E-state index contributed by atoms with van der Waals surface area (Å²) in [5.41, 5.74) is 1.86. The van der Waals surface area contributed by atoms with Gasteiger partial charge in [-0.3, -0.25) is 14.4 Å². The summed E-state index contributed by atoms with van der Waals surface area (Å²) >= 11 is 1.14. The molecule has 28 heavy (non-hydrogen) atoms. The molecule has 2 amide bonds. The van der Waals surface area contributed by atoms with Gasteiger partial charge in [-0.2, -0.15) is 0 Å². The minimum absolute atomic E-state index is 0.0460. The first-order chi connectivity index (χ1) is 13.5. The van der Waals surface area contributed by atoms with E-state index >= 15 is 0 Å². The summed E-state index contributed by atoms with van der Waals surface area (Å²) in [5, 5.41) is 3.80. The molecule has 0 bridgehead atoms. The van der Waals surface area contributed by atoms with Gasteiger partial charge in [-0.15, -0.1) is 0 Å². The fourth-order valence-electron chi connectivity index (χ4n) is 2.41. The van der Waals surface area contributed by atoms with Crippen LogP contribution in [0.3, 0.4) is 0 Å². The lowest BCUT2D eigenvalue weighted by atomic mass is 10.2. The number of aromatic nitrogens is 2. The van der Waals surface area contributed by atoms with Crippen LogP contribution in [0, 0.1) is 0 Å². The van der Waals surface area contributed by atoms with E-state index in [2.05, 4.69) is 15.3 Å². The molecule has 0 aliphatic carbocycles. The Balaban J connectivity index is 1.58. The third kappa shape index (κ3) is 4.39. The number of fused-ring (bicyclic) bond motifs is 3. The van der Waals surface area contributed by atoms with Gasteiger partial charge in [0.25, 0.3) is 5.91 Å². The predicted octanol–water partition coefficient (Wildman–Crippen LogP) is 1.22. The number of benzene rings is 1. The number of carbonyl (C=O) groups is 3. The molecule has 1 aromatic carbocycles. The second-order valence-electron chi connectivity index (χ2n) is 5.83. The predicted molar refractivity (Wildman–Crippen MR) is 103 cm³/mol. The maximum atomic E-state index is 12.0. The van der Waals surface area contributed by atoms with E-state index in [9.17, 15) is 14.4 Å². The maximum absolute atomic E-state index is 12.0. The van der Waals surface area contributed by atoms with Crippen LogP contribution in [0.1, 0.15) is 0 Å². The number of amides is 2. The number of esters is 1. The molecule has 0 saturated carbocycles. The van der Waals surface area contributed by atoms with Gasteiger partial charge in [0.05, 0.1) is 12.3 Å². The molecule has 9 nitrogen and oxygen atoms in total. The smallest absolute Gasteiger partial charge is 0.316 e. The highest BCUT2D eigenvalue weighted by atomic mass is 32.2. The Kier molecular flexibility index (Phi) is 6.09. The third-order valence-corrected chi connectivity index (χ3v) is 4.84. The van der Waals surface area contributed by atoms with Crippen LogP contribution in [0.5, 0.6) is 0 Å². The van der Waals surface area contributed by atoms with Gasteiger partial charge in [0.1, 0.15) is 22.5 Å². The fourth-order valence-corrected chi connectivity index (χ4v) is 3.14. The van der Waals surface area contributed by atoms with Crippen LogP contribution in [0.2, 0.25) is 0 Å². The topological polar surface area (TPSA) is 115 Å². The number of rotatable bonds is 7. The van der Waals surface area contributed by atoms with E-state index in [1.807, 2.05) is 24.3 Å². The van der Waals surface area contributed by atoms with Crippen molar-refractivity contribution in [3.05, 3.63) is 30.6 Å². The Morgan fingerprint density at radius 1 is 1.25 bits per heavy atom. The second kappa shape index (κ2) is 8.70. The quantitative estimate of drug-likeness (QED) is 0.356. The molecule has 0 spiro atoms. The van der Waals surface area contributed by atoms with Crippen LogP contribution in [0.4, 0.5) is 0 Å². The van der Waals surface area contributed by atoms with Gasteiger partial charge in [-0.05, 0) is 12.1 Å². The molecule has 0 unspecified atom stereocenters. The van der Waals surface area contributed by atoms with E-state index < -0.39 is 18.5 Å². The highest BCUT2D eigenvalue weighted by molar-refractivity contribution is 8.00. The fraction of sp³-hybridized carbons (Fsp3) is 0.278. The van der Waals surface area contributed by atoms with Crippen molar-refractivity contribution in [3.63, 3.8) is 0 Å². The molecule has 146 valence electrons. The summed E-state index contributed by atoms with van der Waals surface area (Å²) < 4.78 is 10.8. The molecular weight excluding hydrogens is 384 g/mol. The van der Waals surface area contributed by atoms with Gasteiger partial charge in [-0.1, -0.05) is 23.9 Å². The van der Waals surface area contributed by atoms with Crippen LogP contribution in [-0.4, -0.2) is 65.7 Å². The number of para-hydroxylation sites is 1. The van der Waals surface area contributed by atoms with Crippen molar-refractivity contribution in [2.45, 2.75) is 5.03 Å². The zero-order valence-corrected chi connectivity index (χ0v) is 16.1. The van der Waals surface area contributed by atoms with Gasteiger partial charge >= 0.3 is 5.97 Å². The first-order valence-corrected chi connectivity index (χ1v) is 9.33. The molecule has 3 aromatic rings. The Morgan fingerprint density at radius 2 is 2.04 bits per heavy atom. The minimum Gasteiger partial charge on any atom is -0.455 e. The monoisotopic (exact) mass is 402 g/mol. The van der Waals surface area contributed by atoms with Crippen molar-refractivity contribution in [1.29, 1.82) is 0 Å². The number of thioether (sulfide) groups is 1. The first kappa shape index (κ1) is 19.6. The van der Waals surface area contributed by atoms with Crippen LogP contribution in [0.15, 0.2) is 40.0 Å². The molecule has 0 aliphatic rings. The largest absolute Gasteiger partial charge is 0.455 e. The maximum Gasteiger partial charge on any atom is 0.316 e. The highest BCUT2D eigenvalue weighted by Gasteiger charge is 2.17. The molecule has 0 aliphatic heterocycles. The molecule has 0 fully saturated rings. The summed E-state index contributed by atoms with van der Waals surface area (Å²) in [5.74, 6) is -1.40. The summed E-state index contributed by atoms with van der Waals surface area (Å²) in [4.78, 5) is 44.7. The molecule has 2 heterocycles. The number of hydrogen-bond donors (Lipinski definition) is 1. The Labute approximate surface area is 164 Å². The number of ether oxygens (including phenoxy) is 1. The van der Waals surface area contributed by atoms with Crippen molar-refractivity contribution >= 4 is 51.6 Å². The van der Waals surface area contributed by atoms with E-state index in [4.69, 9.17) is 9.15 Å². The Hall–Kier alpha value is -3.14. The first-order valence-electron chi connectivity index (χ1n) is 8.34. The van der Waals surface area contributed by atoms with Crippen molar-refractivity contribution in [2.24, 2.45) is 0 Å². The number of likely N-dealkylation sites (N-methyl/N-ethyl adjacent to an activating group) is 2. The van der Waals surface area contributed by atoms with Crippen LogP contribution in [0.25, 0.3) is 22.1 Å². The van der Waals surface area contributed by atoms with Crippen LogP contribution < -0.4 is 5.32 Å². The van der Waals surface area contributed by atoms with Crippen molar-refractivity contribution < 1.29 is 23.5 Å². The lowest BCUT2D eigenvalue weighted by Gasteiger charge is -2.15. The van der Waals surface area contributed by atoms with E-state index in [0.717, 1.165) is 17.1 Å². The molecular formula is C18H18N4O5S. The van der Waals surface area contributed by atoms with Crippen LogP contribution in [-0.2, 0) is 19.1 Å². The number of nitrogens with zero attached hydrogens (tertiary/aromatic N) is 3. The van der Waals surface area contributed by atoms with E-state index in [-0.39, 0.29) is 18.2 Å². The van der Waals surface area contributed by atoms with Crippen LogP contribution >= 0.6 is 11.8 Å². The van der Waals surface area contributed by atoms with Gasteiger partial charge in [-0.25, -0.2) is 9.97 Å². The Bertz CT molecular complexity index is 1040. The third-order valence-electron chi connectivity index (χ3n) is 3.89. The summed E-state index contributed by atoms with van der Waals surface area (Å²) in [6.45, 7) is -0.538. The van der Waals surface area contributed by atoms with Gasteiger partial charge in [0.2, 0.25) is 5.91 Å². The zero-order valence-electron chi connectivity index (χ0n) is 15.3. The van der Waals surface area contributed by atoms with Crippen molar-refractivity contribution in [3.8, 4) is 0 Å². The molecule has 3 rings (SSSR count).